The summed E-state index contributed by atoms with van der Waals surface area (Å²) in [5, 5.41) is 3.66. The fourth-order valence-corrected chi connectivity index (χ4v) is 3.51. The lowest BCUT2D eigenvalue weighted by Gasteiger charge is -2.40. The molecule has 1 aromatic carbocycles. The van der Waals surface area contributed by atoms with Crippen molar-refractivity contribution in [3.63, 3.8) is 0 Å². The fraction of sp³-hybridized carbons (Fsp3) is 0.684. The molecule has 2 heteroatoms. The van der Waals surface area contributed by atoms with E-state index in [2.05, 4.69) is 55.4 Å². The van der Waals surface area contributed by atoms with Crippen molar-refractivity contribution in [1.82, 2.24) is 5.32 Å². The first kappa shape index (κ1) is 14.9. The molecule has 0 aromatic heterocycles. The molecule has 2 fully saturated rings. The quantitative estimate of drug-likeness (QED) is 0.866. The van der Waals surface area contributed by atoms with E-state index in [1.54, 1.807) is 0 Å². The van der Waals surface area contributed by atoms with E-state index in [9.17, 15) is 0 Å². The Labute approximate surface area is 129 Å². The van der Waals surface area contributed by atoms with E-state index in [1.165, 1.54) is 49.8 Å². The number of anilines is 1. The maximum atomic E-state index is 3.66. The molecule has 0 atom stereocenters. The molecule has 0 bridgehead atoms. The van der Waals surface area contributed by atoms with Gasteiger partial charge in [0.25, 0.3) is 0 Å². The zero-order valence-electron chi connectivity index (χ0n) is 13.9. The van der Waals surface area contributed by atoms with Gasteiger partial charge in [0, 0.05) is 31.4 Å². The van der Waals surface area contributed by atoms with E-state index in [1.807, 2.05) is 0 Å². The van der Waals surface area contributed by atoms with E-state index in [0.717, 1.165) is 12.6 Å². The largest absolute Gasteiger partial charge is 0.371 e. The van der Waals surface area contributed by atoms with Gasteiger partial charge in [-0.25, -0.2) is 0 Å². The van der Waals surface area contributed by atoms with E-state index < -0.39 is 0 Å². The third kappa shape index (κ3) is 3.79. The van der Waals surface area contributed by atoms with Crippen LogP contribution in [-0.2, 0) is 6.54 Å². The highest BCUT2D eigenvalue weighted by Gasteiger charge is 2.29. The molecule has 2 aliphatic rings. The highest BCUT2D eigenvalue weighted by atomic mass is 15.1. The summed E-state index contributed by atoms with van der Waals surface area (Å²) in [6.45, 7) is 5.84. The third-order valence-electron chi connectivity index (χ3n) is 5.39. The smallest absolute Gasteiger partial charge is 0.0411 e. The number of nitrogens with zero attached hydrogens (tertiary/aromatic N) is 1. The number of para-hydroxylation sites is 1. The van der Waals surface area contributed by atoms with Crippen molar-refractivity contribution in [3.05, 3.63) is 29.8 Å². The summed E-state index contributed by atoms with van der Waals surface area (Å²) < 4.78 is 0. The van der Waals surface area contributed by atoms with Gasteiger partial charge >= 0.3 is 0 Å². The lowest BCUT2D eigenvalue weighted by Crippen LogP contribution is -2.37. The van der Waals surface area contributed by atoms with Gasteiger partial charge in [-0.15, -0.1) is 0 Å². The van der Waals surface area contributed by atoms with Crippen LogP contribution in [0.1, 0.15) is 57.9 Å². The lowest BCUT2D eigenvalue weighted by atomic mass is 9.75. The first-order chi connectivity index (χ1) is 10.1. The minimum atomic E-state index is 0.546. The summed E-state index contributed by atoms with van der Waals surface area (Å²) in [7, 11) is 2.29. The standard InChI is InChI=1S/C19H30N2/c1-19(2)12-10-17(11-13-19)21(3)18-7-5-4-6-15(18)14-20-16-8-9-16/h4-7,16-17,20H,8-14H2,1-3H3. The number of benzene rings is 1. The van der Waals surface area contributed by atoms with Crippen LogP contribution in [0, 0.1) is 5.41 Å². The Morgan fingerprint density at radius 1 is 1.10 bits per heavy atom. The molecule has 2 nitrogen and oxygen atoms in total. The van der Waals surface area contributed by atoms with Crippen LogP contribution in [0.4, 0.5) is 5.69 Å². The van der Waals surface area contributed by atoms with Gasteiger partial charge in [0.05, 0.1) is 0 Å². The van der Waals surface area contributed by atoms with Crippen molar-refractivity contribution < 1.29 is 0 Å². The van der Waals surface area contributed by atoms with Crippen LogP contribution in [0.2, 0.25) is 0 Å². The van der Waals surface area contributed by atoms with Crippen molar-refractivity contribution in [2.75, 3.05) is 11.9 Å². The molecular formula is C19H30N2. The monoisotopic (exact) mass is 286 g/mol. The van der Waals surface area contributed by atoms with Gasteiger partial charge < -0.3 is 10.2 Å². The Morgan fingerprint density at radius 2 is 1.76 bits per heavy atom. The van der Waals surface area contributed by atoms with Gasteiger partial charge in [0.2, 0.25) is 0 Å². The van der Waals surface area contributed by atoms with Crippen molar-refractivity contribution in [1.29, 1.82) is 0 Å². The van der Waals surface area contributed by atoms with E-state index in [0.29, 0.717) is 11.5 Å². The molecule has 116 valence electrons. The van der Waals surface area contributed by atoms with Gasteiger partial charge in [0.1, 0.15) is 0 Å². The molecule has 3 rings (SSSR count). The average molecular weight is 286 g/mol. The van der Waals surface area contributed by atoms with Crippen molar-refractivity contribution >= 4 is 5.69 Å². The molecule has 0 heterocycles. The van der Waals surface area contributed by atoms with Crippen LogP contribution in [0.25, 0.3) is 0 Å². The second-order valence-corrected chi connectivity index (χ2v) is 7.79. The minimum Gasteiger partial charge on any atom is -0.371 e. The predicted molar refractivity (Wildman–Crippen MR) is 90.7 cm³/mol. The van der Waals surface area contributed by atoms with Gasteiger partial charge in [0.15, 0.2) is 0 Å². The van der Waals surface area contributed by atoms with E-state index >= 15 is 0 Å². The van der Waals surface area contributed by atoms with Gasteiger partial charge in [-0.1, -0.05) is 32.0 Å². The maximum Gasteiger partial charge on any atom is 0.0411 e. The summed E-state index contributed by atoms with van der Waals surface area (Å²) >= 11 is 0. The van der Waals surface area contributed by atoms with Crippen LogP contribution < -0.4 is 10.2 Å². The minimum absolute atomic E-state index is 0.546. The zero-order chi connectivity index (χ0) is 14.9. The molecule has 0 radical (unpaired) electrons. The molecule has 0 unspecified atom stereocenters. The fourth-order valence-electron chi connectivity index (χ4n) is 3.51. The number of hydrogen-bond acceptors (Lipinski definition) is 2. The summed E-state index contributed by atoms with van der Waals surface area (Å²) in [6.07, 6.45) is 8.07. The Bertz CT molecular complexity index is 466. The van der Waals surface area contributed by atoms with Crippen LogP contribution in [0.5, 0.6) is 0 Å². The molecule has 1 N–H and O–H groups in total. The lowest BCUT2D eigenvalue weighted by molar-refractivity contribution is 0.222. The Kier molecular flexibility index (Phi) is 4.26. The topological polar surface area (TPSA) is 15.3 Å². The zero-order valence-corrected chi connectivity index (χ0v) is 13.9. The highest BCUT2D eigenvalue weighted by Crippen LogP contribution is 2.38. The molecule has 1 aromatic rings. The normalized spacial score (nSPS) is 22.2. The second kappa shape index (κ2) is 6.00. The van der Waals surface area contributed by atoms with Gasteiger partial charge in [-0.2, -0.15) is 0 Å². The highest BCUT2D eigenvalue weighted by molar-refractivity contribution is 5.54. The molecule has 0 amide bonds. The van der Waals surface area contributed by atoms with Gasteiger partial charge in [-0.05, 0) is 55.6 Å². The predicted octanol–water partition coefficient (Wildman–Crippen LogP) is 4.34. The molecule has 0 saturated heterocycles. The van der Waals surface area contributed by atoms with Crippen LogP contribution in [0.3, 0.4) is 0 Å². The number of nitrogens with one attached hydrogen (secondary N) is 1. The third-order valence-corrected chi connectivity index (χ3v) is 5.39. The Balaban J connectivity index is 1.67. The van der Waals surface area contributed by atoms with Gasteiger partial charge in [-0.3, -0.25) is 0 Å². The summed E-state index contributed by atoms with van der Waals surface area (Å²) in [5.74, 6) is 0. The molecule has 0 spiro atoms. The molecule has 0 aliphatic heterocycles. The molecule has 21 heavy (non-hydrogen) atoms. The van der Waals surface area contributed by atoms with Crippen LogP contribution >= 0.6 is 0 Å². The second-order valence-electron chi connectivity index (χ2n) is 7.79. The van der Waals surface area contributed by atoms with E-state index in [4.69, 9.17) is 0 Å². The summed E-state index contributed by atoms with van der Waals surface area (Å²) in [5.41, 5.74) is 3.43. The first-order valence-electron chi connectivity index (χ1n) is 8.59. The summed E-state index contributed by atoms with van der Waals surface area (Å²) in [4.78, 5) is 2.54. The van der Waals surface area contributed by atoms with Crippen molar-refractivity contribution in [2.24, 2.45) is 5.41 Å². The Hall–Kier alpha value is -1.02. The molecular weight excluding hydrogens is 256 g/mol. The van der Waals surface area contributed by atoms with Crippen molar-refractivity contribution in [3.8, 4) is 0 Å². The van der Waals surface area contributed by atoms with Crippen molar-refractivity contribution in [2.45, 2.75) is 71.0 Å². The number of rotatable bonds is 5. The summed E-state index contributed by atoms with van der Waals surface area (Å²) in [6, 6.07) is 10.4. The average Bonchev–Trinajstić information content (AvgIpc) is 3.29. The van der Waals surface area contributed by atoms with Crippen LogP contribution in [0.15, 0.2) is 24.3 Å². The van der Waals surface area contributed by atoms with Crippen LogP contribution in [-0.4, -0.2) is 19.1 Å². The molecule has 2 aliphatic carbocycles. The maximum absolute atomic E-state index is 3.66. The number of hydrogen-bond donors (Lipinski definition) is 1. The van der Waals surface area contributed by atoms with E-state index in [-0.39, 0.29) is 0 Å². The SMILES string of the molecule is CN(c1ccccc1CNC1CC1)C1CCC(C)(C)CC1. The molecule has 2 saturated carbocycles. The first-order valence-corrected chi connectivity index (χ1v) is 8.59. The Morgan fingerprint density at radius 3 is 2.43 bits per heavy atom.